The highest BCUT2D eigenvalue weighted by atomic mass is 16.3. The van der Waals surface area contributed by atoms with Crippen LogP contribution in [0.1, 0.15) is 29.6 Å². The average molecular weight is 277 g/mol. The first-order chi connectivity index (χ1) is 9.47. The second kappa shape index (κ2) is 5.71. The Morgan fingerprint density at radius 1 is 1.45 bits per heavy atom. The zero-order chi connectivity index (χ0) is 14.8. The summed E-state index contributed by atoms with van der Waals surface area (Å²) in [5, 5.41) is 12.4. The molecule has 0 unspecified atom stereocenters. The van der Waals surface area contributed by atoms with E-state index in [-0.39, 0.29) is 17.9 Å². The van der Waals surface area contributed by atoms with Crippen molar-refractivity contribution in [2.75, 3.05) is 38.3 Å². The Kier molecular flexibility index (Phi) is 4.18. The van der Waals surface area contributed by atoms with Crippen LogP contribution >= 0.6 is 0 Å². The number of nitrogens with one attached hydrogen (secondary N) is 1. The number of carbonyl (C=O) groups is 1. The number of benzene rings is 1. The molecule has 1 saturated carbocycles. The third-order valence-electron chi connectivity index (χ3n) is 3.93. The molecule has 0 bridgehead atoms. The summed E-state index contributed by atoms with van der Waals surface area (Å²) in [5.41, 5.74) is 8.04. The molecule has 1 amide bonds. The van der Waals surface area contributed by atoms with Crippen LogP contribution in [0.4, 0.5) is 11.4 Å². The largest absolute Gasteiger partial charge is 0.399 e. The van der Waals surface area contributed by atoms with Gasteiger partial charge in [0.05, 0.1) is 5.56 Å². The summed E-state index contributed by atoms with van der Waals surface area (Å²) in [4.78, 5) is 13.7. The molecule has 1 aromatic rings. The van der Waals surface area contributed by atoms with E-state index in [2.05, 4.69) is 5.32 Å². The van der Waals surface area contributed by atoms with Crippen LogP contribution < -0.4 is 11.1 Å². The fourth-order valence-corrected chi connectivity index (χ4v) is 2.35. The number of hydrogen-bond donors (Lipinski definition) is 3. The molecule has 5 heteroatoms. The quantitative estimate of drug-likeness (QED) is 0.689. The third kappa shape index (κ3) is 3.22. The Morgan fingerprint density at radius 2 is 2.15 bits per heavy atom. The second-order valence-corrected chi connectivity index (χ2v) is 5.83. The third-order valence-corrected chi connectivity index (χ3v) is 3.93. The molecule has 0 atom stereocenters. The van der Waals surface area contributed by atoms with Crippen LogP contribution in [-0.4, -0.2) is 43.2 Å². The zero-order valence-electron chi connectivity index (χ0n) is 12.1. The lowest BCUT2D eigenvalue weighted by molar-refractivity contribution is 0.0828. The van der Waals surface area contributed by atoms with Crippen molar-refractivity contribution in [1.29, 1.82) is 0 Å². The van der Waals surface area contributed by atoms with Crippen LogP contribution in [0.3, 0.4) is 0 Å². The van der Waals surface area contributed by atoms with E-state index in [4.69, 9.17) is 10.8 Å². The van der Waals surface area contributed by atoms with Gasteiger partial charge in [0.1, 0.15) is 0 Å². The molecule has 0 aromatic heterocycles. The monoisotopic (exact) mass is 277 g/mol. The normalized spacial score (nSPS) is 15.8. The van der Waals surface area contributed by atoms with Gasteiger partial charge in [-0.15, -0.1) is 0 Å². The summed E-state index contributed by atoms with van der Waals surface area (Å²) in [5.74, 6) is -0.0421. The number of nitrogen functional groups attached to an aromatic ring is 1. The number of amides is 1. The summed E-state index contributed by atoms with van der Waals surface area (Å²) in [7, 11) is 3.47. The average Bonchev–Trinajstić information content (AvgIpc) is 3.16. The van der Waals surface area contributed by atoms with Crippen LogP contribution in [0.2, 0.25) is 0 Å². The maximum atomic E-state index is 12.1. The van der Waals surface area contributed by atoms with Crippen LogP contribution in [0.15, 0.2) is 18.2 Å². The van der Waals surface area contributed by atoms with Crippen LogP contribution in [0.25, 0.3) is 0 Å². The molecule has 0 saturated heterocycles. The van der Waals surface area contributed by atoms with Crippen molar-refractivity contribution in [2.24, 2.45) is 5.41 Å². The lowest BCUT2D eigenvalue weighted by Crippen LogP contribution is -2.24. The summed E-state index contributed by atoms with van der Waals surface area (Å²) in [6, 6.07) is 5.29. The van der Waals surface area contributed by atoms with Gasteiger partial charge in [0.25, 0.3) is 5.91 Å². The standard InChI is InChI=1S/C15H23N3O2/c1-18(2)14(20)12-4-3-11(16)9-13(12)17-10-15(5-6-15)7-8-19/h3-4,9,17,19H,5-8,10,16H2,1-2H3. The van der Waals surface area contributed by atoms with Crippen LogP contribution in [0, 0.1) is 5.41 Å². The number of carbonyl (C=O) groups excluding carboxylic acids is 1. The molecule has 1 fully saturated rings. The van der Waals surface area contributed by atoms with Crippen molar-refractivity contribution in [1.82, 2.24) is 4.90 Å². The molecule has 0 radical (unpaired) electrons. The first kappa shape index (κ1) is 14.7. The van der Waals surface area contributed by atoms with E-state index < -0.39 is 0 Å². The highest BCUT2D eigenvalue weighted by Crippen LogP contribution is 2.48. The summed E-state index contributed by atoms with van der Waals surface area (Å²) in [6.45, 7) is 0.979. The molecule has 1 aliphatic rings. The van der Waals surface area contributed by atoms with Crippen LogP contribution in [0.5, 0.6) is 0 Å². The molecular formula is C15H23N3O2. The van der Waals surface area contributed by atoms with Crippen molar-refractivity contribution in [3.8, 4) is 0 Å². The van der Waals surface area contributed by atoms with Gasteiger partial charge in [-0.2, -0.15) is 0 Å². The lowest BCUT2D eigenvalue weighted by Gasteiger charge is -2.19. The van der Waals surface area contributed by atoms with Gasteiger partial charge >= 0.3 is 0 Å². The topological polar surface area (TPSA) is 78.6 Å². The van der Waals surface area contributed by atoms with Gasteiger partial charge in [0, 0.05) is 38.6 Å². The molecule has 0 spiro atoms. The van der Waals surface area contributed by atoms with E-state index in [9.17, 15) is 4.79 Å². The highest BCUT2D eigenvalue weighted by molar-refractivity contribution is 6.00. The molecule has 0 heterocycles. The Balaban J connectivity index is 2.13. The molecule has 1 aliphatic carbocycles. The summed E-state index contributed by atoms with van der Waals surface area (Å²) >= 11 is 0. The van der Waals surface area contributed by atoms with Gasteiger partial charge in [0.2, 0.25) is 0 Å². The molecule has 4 N–H and O–H groups in total. The first-order valence-electron chi connectivity index (χ1n) is 6.93. The fraction of sp³-hybridized carbons (Fsp3) is 0.533. The first-order valence-corrected chi connectivity index (χ1v) is 6.93. The highest BCUT2D eigenvalue weighted by Gasteiger charge is 2.41. The number of hydrogen-bond acceptors (Lipinski definition) is 4. The maximum absolute atomic E-state index is 12.1. The van der Waals surface area contributed by atoms with E-state index in [1.54, 1.807) is 37.2 Å². The Hall–Kier alpha value is -1.75. The minimum Gasteiger partial charge on any atom is -0.399 e. The van der Waals surface area contributed by atoms with Crippen molar-refractivity contribution >= 4 is 17.3 Å². The summed E-state index contributed by atoms with van der Waals surface area (Å²) in [6.07, 6.45) is 3.05. The van der Waals surface area contributed by atoms with E-state index in [1.807, 2.05) is 0 Å². The SMILES string of the molecule is CN(C)C(=O)c1ccc(N)cc1NCC1(CCO)CC1. The van der Waals surface area contributed by atoms with Crippen molar-refractivity contribution in [3.63, 3.8) is 0 Å². The van der Waals surface area contributed by atoms with Crippen molar-refractivity contribution in [2.45, 2.75) is 19.3 Å². The molecule has 2 rings (SSSR count). The van der Waals surface area contributed by atoms with E-state index >= 15 is 0 Å². The molecule has 1 aromatic carbocycles. The minimum absolute atomic E-state index is 0.0421. The molecule has 0 aliphatic heterocycles. The predicted octanol–water partition coefficient (Wildman–Crippen LogP) is 1.55. The van der Waals surface area contributed by atoms with Crippen LogP contribution in [-0.2, 0) is 0 Å². The number of rotatable bonds is 6. The number of nitrogens with zero attached hydrogens (tertiary/aromatic N) is 1. The molecule has 20 heavy (non-hydrogen) atoms. The minimum atomic E-state index is -0.0421. The van der Waals surface area contributed by atoms with Crippen molar-refractivity contribution < 1.29 is 9.90 Å². The molecule has 110 valence electrons. The van der Waals surface area contributed by atoms with Crippen molar-refractivity contribution in [3.05, 3.63) is 23.8 Å². The fourth-order valence-electron chi connectivity index (χ4n) is 2.35. The Labute approximate surface area is 119 Å². The Bertz CT molecular complexity index is 496. The van der Waals surface area contributed by atoms with Gasteiger partial charge in [-0.05, 0) is 42.9 Å². The number of nitrogens with two attached hydrogens (primary N) is 1. The number of anilines is 2. The Morgan fingerprint density at radius 3 is 2.70 bits per heavy atom. The van der Waals surface area contributed by atoms with Gasteiger partial charge < -0.3 is 21.1 Å². The maximum Gasteiger partial charge on any atom is 0.255 e. The van der Waals surface area contributed by atoms with Gasteiger partial charge in [0.15, 0.2) is 0 Å². The van der Waals surface area contributed by atoms with Gasteiger partial charge in [-0.3, -0.25) is 4.79 Å². The van der Waals surface area contributed by atoms with Gasteiger partial charge in [-0.25, -0.2) is 0 Å². The van der Waals surface area contributed by atoms with E-state index in [1.165, 1.54) is 0 Å². The van der Waals surface area contributed by atoms with E-state index in [0.29, 0.717) is 11.3 Å². The number of aliphatic hydroxyl groups is 1. The van der Waals surface area contributed by atoms with Gasteiger partial charge in [-0.1, -0.05) is 0 Å². The second-order valence-electron chi connectivity index (χ2n) is 5.83. The molecular weight excluding hydrogens is 254 g/mol. The summed E-state index contributed by atoms with van der Waals surface area (Å²) < 4.78 is 0. The predicted molar refractivity (Wildman–Crippen MR) is 80.7 cm³/mol. The lowest BCUT2D eigenvalue weighted by atomic mass is 10.0. The molecule has 5 nitrogen and oxygen atoms in total. The smallest absolute Gasteiger partial charge is 0.255 e. The number of aliphatic hydroxyl groups excluding tert-OH is 1. The zero-order valence-corrected chi connectivity index (χ0v) is 12.1. The van der Waals surface area contributed by atoms with E-state index in [0.717, 1.165) is 31.5 Å².